The molecular weight excluding hydrogens is 422 g/mol. The molecule has 1 fully saturated rings. The van der Waals surface area contributed by atoms with Gasteiger partial charge >= 0.3 is 0 Å². The molecule has 0 spiro atoms. The van der Waals surface area contributed by atoms with Crippen LogP contribution in [0.2, 0.25) is 0 Å². The largest absolute Gasteiger partial charge is 0.502 e. The number of carbonyl (C=O) groups excluding carboxylic acids is 2. The van der Waals surface area contributed by atoms with Crippen LogP contribution in [0, 0.1) is 11.6 Å². The van der Waals surface area contributed by atoms with Crippen molar-refractivity contribution in [3.8, 4) is 5.75 Å². The fraction of sp³-hybridized carbons (Fsp3) is 0.409. The van der Waals surface area contributed by atoms with Crippen molar-refractivity contribution in [2.45, 2.75) is 25.9 Å². The minimum absolute atomic E-state index is 0.0351. The highest BCUT2D eigenvalue weighted by molar-refractivity contribution is 6.00. The Morgan fingerprint density at radius 2 is 1.97 bits per heavy atom. The van der Waals surface area contributed by atoms with Gasteiger partial charge in [0.2, 0.25) is 5.43 Å². The summed E-state index contributed by atoms with van der Waals surface area (Å²) in [6, 6.07) is 3.08. The van der Waals surface area contributed by atoms with E-state index in [0.717, 1.165) is 12.1 Å². The number of rotatable bonds is 5. The monoisotopic (exact) mass is 446 g/mol. The zero-order chi connectivity index (χ0) is 23.2. The van der Waals surface area contributed by atoms with Gasteiger partial charge in [-0.05, 0) is 32.0 Å². The maximum Gasteiger partial charge on any atom is 0.278 e. The van der Waals surface area contributed by atoms with Crippen LogP contribution < -0.4 is 10.4 Å². The number of aryl methyl sites for hydroxylation is 1. The SMILES string of the molecule is CCN1C(=O)c2c(O)c(=O)c(C(=O)CCc3ccc(F)cc3F)cn2N2CCN(C)C[C@@H]12. The number of amides is 1. The molecular formula is C22H24F2N4O4. The highest BCUT2D eigenvalue weighted by Gasteiger charge is 2.41. The van der Waals surface area contributed by atoms with Crippen molar-refractivity contribution in [3.05, 3.63) is 63.1 Å². The molecule has 8 nitrogen and oxygen atoms in total. The van der Waals surface area contributed by atoms with Crippen LogP contribution in [-0.2, 0) is 6.42 Å². The number of likely N-dealkylation sites (N-methyl/N-ethyl adjacent to an activating group) is 2. The van der Waals surface area contributed by atoms with Crippen LogP contribution in [0.4, 0.5) is 8.78 Å². The van der Waals surface area contributed by atoms with E-state index in [-0.39, 0.29) is 35.8 Å². The standard InChI is InChI=1S/C22H24F2N4O4/c1-3-26-18-12-25(2)8-9-27(18)28-11-15(20(30)21(31)19(28)22(26)32)17(29)7-5-13-4-6-14(23)10-16(13)24/h4,6,10-11,18,31H,3,5,7-9,12H2,1-2H3/t18-/m0/s1. The maximum atomic E-state index is 13.9. The molecule has 0 aliphatic carbocycles. The van der Waals surface area contributed by atoms with E-state index >= 15 is 0 Å². The lowest BCUT2D eigenvalue weighted by molar-refractivity contribution is 0.0457. The number of nitrogens with zero attached hydrogens (tertiary/aromatic N) is 4. The number of hydrogen-bond donors (Lipinski definition) is 1. The Labute approximate surface area is 183 Å². The van der Waals surface area contributed by atoms with Gasteiger partial charge in [-0.25, -0.2) is 8.78 Å². The van der Waals surface area contributed by atoms with Crippen LogP contribution in [-0.4, -0.2) is 70.7 Å². The topological polar surface area (TPSA) is 86.1 Å². The van der Waals surface area contributed by atoms with E-state index in [1.54, 1.807) is 4.90 Å². The molecule has 3 heterocycles. The summed E-state index contributed by atoms with van der Waals surface area (Å²) < 4.78 is 28.4. The summed E-state index contributed by atoms with van der Waals surface area (Å²) in [5.74, 6) is -3.34. The Kier molecular flexibility index (Phi) is 5.72. The Morgan fingerprint density at radius 3 is 2.66 bits per heavy atom. The van der Waals surface area contributed by atoms with Crippen LogP contribution in [0.3, 0.4) is 0 Å². The molecule has 10 heteroatoms. The normalized spacial score (nSPS) is 18.5. The lowest BCUT2D eigenvalue weighted by Crippen LogP contribution is -2.68. The molecule has 2 aliphatic heterocycles. The number of piperazine rings is 1. The number of Topliss-reactive ketones (excluding diaryl/α,β-unsaturated/α-hetero) is 1. The zero-order valence-corrected chi connectivity index (χ0v) is 17.8. The van der Waals surface area contributed by atoms with Gasteiger partial charge in [0.25, 0.3) is 5.91 Å². The first-order valence-electron chi connectivity index (χ1n) is 10.4. The number of aromatic nitrogens is 1. The van der Waals surface area contributed by atoms with Crippen molar-refractivity contribution in [2.24, 2.45) is 0 Å². The van der Waals surface area contributed by atoms with Gasteiger partial charge in [0.1, 0.15) is 17.8 Å². The minimum Gasteiger partial charge on any atom is -0.502 e. The maximum absolute atomic E-state index is 13.9. The van der Waals surface area contributed by atoms with Crippen molar-refractivity contribution in [1.82, 2.24) is 14.5 Å². The Morgan fingerprint density at radius 1 is 1.22 bits per heavy atom. The molecule has 1 aromatic heterocycles. The highest BCUT2D eigenvalue weighted by Crippen LogP contribution is 2.27. The molecule has 1 atom stereocenters. The third-order valence-electron chi connectivity index (χ3n) is 6.07. The molecule has 32 heavy (non-hydrogen) atoms. The second-order valence-corrected chi connectivity index (χ2v) is 8.07. The van der Waals surface area contributed by atoms with Crippen molar-refractivity contribution in [1.29, 1.82) is 0 Å². The van der Waals surface area contributed by atoms with E-state index in [2.05, 4.69) is 4.90 Å². The molecule has 0 unspecified atom stereocenters. The number of fused-ring (bicyclic) bond motifs is 3. The summed E-state index contributed by atoms with van der Waals surface area (Å²) in [5, 5.41) is 12.4. The average molecular weight is 446 g/mol. The number of carbonyl (C=O) groups is 2. The number of halogens is 2. The summed E-state index contributed by atoms with van der Waals surface area (Å²) in [6.45, 7) is 4.00. The van der Waals surface area contributed by atoms with E-state index in [9.17, 15) is 28.3 Å². The van der Waals surface area contributed by atoms with Crippen LogP contribution in [0.15, 0.2) is 29.2 Å². The smallest absolute Gasteiger partial charge is 0.278 e. The van der Waals surface area contributed by atoms with Crippen molar-refractivity contribution < 1.29 is 23.5 Å². The summed E-state index contributed by atoms with van der Waals surface area (Å²) in [7, 11) is 1.94. The summed E-state index contributed by atoms with van der Waals surface area (Å²) in [4.78, 5) is 42.3. The molecule has 4 rings (SSSR count). The fourth-order valence-corrected chi connectivity index (χ4v) is 4.32. The van der Waals surface area contributed by atoms with Gasteiger partial charge < -0.3 is 14.9 Å². The van der Waals surface area contributed by atoms with Gasteiger partial charge in [0.15, 0.2) is 17.2 Å². The first kappa shape index (κ1) is 21.9. The Balaban J connectivity index is 1.69. The molecule has 1 saturated heterocycles. The number of hydrogen-bond acceptors (Lipinski definition) is 6. The third-order valence-corrected chi connectivity index (χ3v) is 6.07. The molecule has 1 N–H and O–H groups in total. The van der Waals surface area contributed by atoms with Crippen LogP contribution in [0.5, 0.6) is 5.75 Å². The molecule has 2 aliphatic rings. The first-order chi connectivity index (χ1) is 15.2. The second kappa shape index (κ2) is 8.34. The molecule has 0 radical (unpaired) electrons. The Bertz CT molecular complexity index is 1150. The molecule has 1 aromatic carbocycles. The van der Waals surface area contributed by atoms with E-state index in [1.165, 1.54) is 16.9 Å². The van der Waals surface area contributed by atoms with Crippen molar-refractivity contribution >= 4 is 11.7 Å². The number of aromatic hydroxyl groups is 1. The zero-order valence-electron chi connectivity index (χ0n) is 17.8. The van der Waals surface area contributed by atoms with Crippen LogP contribution >= 0.6 is 0 Å². The van der Waals surface area contributed by atoms with Crippen LogP contribution in [0.1, 0.15) is 39.8 Å². The van der Waals surface area contributed by atoms with Crippen molar-refractivity contribution in [3.63, 3.8) is 0 Å². The van der Waals surface area contributed by atoms with Gasteiger partial charge in [-0.1, -0.05) is 6.07 Å². The third kappa shape index (κ3) is 3.64. The van der Waals surface area contributed by atoms with E-state index in [1.807, 2.05) is 19.0 Å². The average Bonchev–Trinajstić information content (AvgIpc) is 2.75. The molecule has 170 valence electrons. The first-order valence-corrected chi connectivity index (χ1v) is 10.4. The number of benzene rings is 1. The predicted octanol–water partition coefficient (Wildman–Crippen LogP) is 1.33. The minimum atomic E-state index is -0.933. The molecule has 0 saturated carbocycles. The van der Waals surface area contributed by atoms with Gasteiger partial charge in [0, 0.05) is 44.9 Å². The van der Waals surface area contributed by atoms with Crippen molar-refractivity contribution in [2.75, 3.05) is 38.2 Å². The predicted molar refractivity (Wildman–Crippen MR) is 112 cm³/mol. The quantitative estimate of drug-likeness (QED) is 0.698. The van der Waals surface area contributed by atoms with Gasteiger partial charge in [0.05, 0.1) is 5.56 Å². The van der Waals surface area contributed by atoms with E-state index in [0.29, 0.717) is 26.2 Å². The summed E-state index contributed by atoms with van der Waals surface area (Å²) in [6.07, 6.45) is 0.742. The fourth-order valence-electron chi connectivity index (χ4n) is 4.32. The van der Waals surface area contributed by atoms with E-state index < -0.39 is 34.5 Å². The number of ketones is 1. The van der Waals surface area contributed by atoms with Gasteiger partial charge in [-0.2, -0.15) is 0 Å². The highest BCUT2D eigenvalue weighted by atomic mass is 19.1. The summed E-state index contributed by atoms with van der Waals surface area (Å²) in [5.41, 5.74) is -1.23. The van der Waals surface area contributed by atoms with Gasteiger partial charge in [-0.3, -0.25) is 24.1 Å². The molecule has 0 bridgehead atoms. The Hall–Kier alpha value is -3.27. The molecule has 2 aromatic rings. The number of pyridine rings is 1. The van der Waals surface area contributed by atoms with Gasteiger partial charge in [-0.15, -0.1) is 0 Å². The summed E-state index contributed by atoms with van der Waals surface area (Å²) >= 11 is 0. The van der Waals surface area contributed by atoms with E-state index in [4.69, 9.17) is 0 Å². The lowest BCUT2D eigenvalue weighted by Gasteiger charge is -2.50. The molecule has 1 amide bonds. The lowest BCUT2D eigenvalue weighted by atomic mass is 10.0. The second-order valence-electron chi connectivity index (χ2n) is 8.07. The van der Waals surface area contributed by atoms with Crippen LogP contribution in [0.25, 0.3) is 0 Å².